The van der Waals surface area contributed by atoms with E-state index in [4.69, 9.17) is 0 Å². The summed E-state index contributed by atoms with van der Waals surface area (Å²) in [6.07, 6.45) is 6.92. The molecule has 3 fully saturated rings. The van der Waals surface area contributed by atoms with E-state index < -0.39 is 0 Å². The van der Waals surface area contributed by atoms with E-state index in [1.807, 2.05) is 37.7 Å². The van der Waals surface area contributed by atoms with Crippen LogP contribution in [0.15, 0.2) is 29.7 Å². The van der Waals surface area contributed by atoms with E-state index >= 15 is 0 Å². The molecule has 2 aromatic rings. The smallest absolute Gasteiger partial charge is 0.225 e. The Morgan fingerprint density at radius 3 is 2.59 bits per heavy atom. The van der Waals surface area contributed by atoms with E-state index in [1.165, 1.54) is 6.42 Å². The van der Waals surface area contributed by atoms with Crippen LogP contribution in [-0.4, -0.2) is 51.4 Å². The number of thioether (sulfide) groups is 1. The van der Waals surface area contributed by atoms with Gasteiger partial charge in [-0.2, -0.15) is 0 Å². The van der Waals surface area contributed by atoms with E-state index in [1.54, 1.807) is 11.8 Å². The summed E-state index contributed by atoms with van der Waals surface area (Å²) in [5.74, 6) is 1.90. The van der Waals surface area contributed by atoms with Crippen LogP contribution in [0.3, 0.4) is 0 Å². The predicted octanol–water partition coefficient (Wildman–Crippen LogP) is 1.76. The lowest BCUT2D eigenvalue weighted by Gasteiger charge is -2.56. The Bertz CT molecular complexity index is 681. The van der Waals surface area contributed by atoms with Gasteiger partial charge in [0, 0.05) is 31.2 Å². The Morgan fingerprint density at radius 1 is 1.09 bits per heavy atom. The molecule has 114 valence electrons. The van der Waals surface area contributed by atoms with Crippen molar-refractivity contribution in [2.24, 2.45) is 0 Å². The van der Waals surface area contributed by atoms with Crippen molar-refractivity contribution >= 4 is 23.5 Å². The van der Waals surface area contributed by atoms with Crippen molar-refractivity contribution < 1.29 is 0 Å². The highest BCUT2D eigenvalue weighted by Gasteiger charge is 2.46. The lowest BCUT2D eigenvalue weighted by Crippen LogP contribution is -2.69. The molecule has 0 saturated carbocycles. The van der Waals surface area contributed by atoms with Crippen molar-refractivity contribution in [2.45, 2.75) is 30.6 Å². The Morgan fingerprint density at radius 2 is 1.86 bits per heavy atom. The molecule has 0 amide bonds. The first-order valence-electron chi connectivity index (χ1n) is 7.44. The molecule has 3 saturated heterocycles. The second-order valence-electron chi connectivity index (χ2n) is 5.76. The molecule has 2 bridgehead atoms. The molecule has 6 nitrogen and oxygen atoms in total. The van der Waals surface area contributed by atoms with E-state index in [-0.39, 0.29) is 0 Å². The number of hydrogen-bond acceptors (Lipinski definition) is 7. The summed E-state index contributed by atoms with van der Waals surface area (Å²) in [6, 6.07) is 4.93. The number of piperidine rings is 1. The fourth-order valence-electron chi connectivity index (χ4n) is 3.31. The van der Waals surface area contributed by atoms with Crippen molar-refractivity contribution in [3.63, 3.8) is 0 Å². The quantitative estimate of drug-likeness (QED) is 0.632. The van der Waals surface area contributed by atoms with Gasteiger partial charge in [0.1, 0.15) is 5.82 Å². The van der Waals surface area contributed by atoms with Gasteiger partial charge in [-0.1, -0.05) is 11.8 Å². The standard InChI is InChI=1S/C15H18N6S/c1-10-3-5-16-14(18-10)20-8-11-7-12(9-20)21(11)13-4-6-17-15(19-13)22-2/h3-6,11-12H,7-9H2,1-2H3. The number of rotatable bonds is 3. The van der Waals surface area contributed by atoms with Gasteiger partial charge < -0.3 is 9.80 Å². The van der Waals surface area contributed by atoms with Gasteiger partial charge in [-0.3, -0.25) is 0 Å². The monoisotopic (exact) mass is 314 g/mol. The lowest BCUT2D eigenvalue weighted by atomic mass is 9.87. The number of piperazine rings is 1. The first kappa shape index (κ1) is 13.8. The van der Waals surface area contributed by atoms with Crippen LogP contribution < -0.4 is 9.80 Å². The van der Waals surface area contributed by atoms with Crippen LogP contribution in [0.4, 0.5) is 11.8 Å². The van der Waals surface area contributed by atoms with Gasteiger partial charge in [-0.25, -0.2) is 19.9 Å². The molecule has 3 aliphatic rings. The van der Waals surface area contributed by atoms with Crippen molar-refractivity contribution in [1.29, 1.82) is 0 Å². The Labute approximate surface area is 134 Å². The third kappa shape index (κ3) is 2.29. The Hall–Kier alpha value is -1.89. The lowest BCUT2D eigenvalue weighted by molar-refractivity contribution is 0.286. The number of aromatic nitrogens is 4. The first-order valence-corrected chi connectivity index (χ1v) is 8.67. The SMILES string of the molecule is CSc1nccc(N2C3CC2CN(c2nccc(C)n2)C3)n1. The number of anilines is 2. The minimum Gasteiger partial charge on any atom is -0.347 e. The zero-order valence-electron chi connectivity index (χ0n) is 12.7. The number of fused-ring (bicyclic) bond motifs is 2. The topological polar surface area (TPSA) is 58.0 Å². The van der Waals surface area contributed by atoms with Crippen molar-refractivity contribution in [3.8, 4) is 0 Å². The number of aryl methyl sites for hydroxylation is 1. The van der Waals surface area contributed by atoms with Crippen LogP contribution in [0, 0.1) is 6.92 Å². The highest BCUT2D eigenvalue weighted by atomic mass is 32.2. The minimum atomic E-state index is 0.493. The summed E-state index contributed by atoms with van der Waals surface area (Å²) in [7, 11) is 0. The summed E-state index contributed by atoms with van der Waals surface area (Å²) in [6.45, 7) is 3.92. The highest BCUT2D eigenvalue weighted by molar-refractivity contribution is 7.98. The zero-order chi connectivity index (χ0) is 15.1. The largest absolute Gasteiger partial charge is 0.347 e. The average Bonchev–Trinajstić information content (AvgIpc) is 2.55. The minimum absolute atomic E-state index is 0.493. The summed E-state index contributed by atoms with van der Waals surface area (Å²) >= 11 is 1.58. The van der Waals surface area contributed by atoms with E-state index in [0.29, 0.717) is 12.1 Å². The van der Waals surface area contributed by atoms with Gasteiger partial charge in [0.2, 0.25) is 5.95 Å². The second kappa shape index (κ2) is 5.39. The molecule has 0 aromatic carbocycles. The maximum Gasteiger partial charge on any atom is 0.225 e. The van der Waals surface area contributed by atoms with E-state index in [2.05, 4.69) is 29.7 Å². The summed E-state index contributed by atoms with van der Waals surface area (Å²) in [5, 5.41) is 0.835. The molecular formula is C15H18N6S. The summed E-state index contributed by atoms with van der Waals surface area (Å²) < 4.78 is 0. The highest BCUT2D eigenvalue weighted by Crippen LogP contribution is 2.37. The van der Waals surface area contributed by atoms with Crippen LogP contribution in [0.25, 0.3) is 0 Å². The van der Waals surface area contributed by atoms with Gasteiger partial charge in [0.15, 0.2) is 5.16 Å². The van der Waals surface area contributed by atoms with Gasteiger partial charge in [-0.15, -0.1) is 0 Å². The molecule has 22 heavy (non-hydrogen) atoms. The molecule has 3 aliphatic heterocycles. The molecule has 7 heteroatoms. The maximum atomic E-state index is 4.64. The van der Waals surface area contributed by atoms with Gasteiger partial charge >= 0.3 is 0 Å². The molecule has 2 atom stereocenters. The predicted molar refractivity (Wildman–Crippen MR) is 87.5 cm³/mol. The van der Waals surface area contributed by atoms with Crippen LogP contribution >= 0.6 is 11.8 Å². The fraction of sp³-hybridized carbons (Fsp3) is 0.467. The maximum absolute atomic E-state index is 4.64. The first-order chi connectivity index (χ1) is 10.7. The van der Waals surface area contributed by atoms with Crippen LogP contribution in [-0.2, 0) is 0 Å². The third-order valence-electron chi connectivity index (χ3n) is 4.32. The van der Waals surface area contributed by atoms with Crippen LogP contribution in [0.1, 0.15) is 12.1 Å². The third-order valence-corrected chi connectivity index (χ3v) is 4.89. The summed E-state index contributed by atoms with van der Waals surface area (Å²) in [5.41, 5.74) is 1.02. The molecule has 5 heterocycles. The van der Waals surface area contributed by atoms with Gasteiger partial charge in [-0.05, 0) is 31.7 Å². The van der Waals surface area contributed by atoms with E-state index in [0.717, 1.165) is 35.7 Å². The van der Waals surface area contributed by atoms with Gasteiger partial charge in [0.25, 0.3) is 0 Å². The van der Waals surface area contributed by atoms with Crippen molar-refractivity contribution in [3.05, 3.63) is 30.2 Å². The molecule has 2 aromatic heterocycles. The fourth-order valence-corrected chi connectivity index (χ4v) is 3.66. The number of hydrogen-bond donors (Lipinski definition) is 0. The van der Waals surface area contributed by atoms with Crippen molar-refractivity contribution in [1.82, 2.24) is 19.9 Å². The molecule has 0 radical (unpaired) electrons. The summed E-state index contributed by atoms with van der Waals surface area (Å²) in [4.78, 5) is 22.6. The van der Waals surface area contributed by atoms with E-state index in [9.17, 15) is 0 Å². The molecule has 0 spiro atoms. The average molecular weight is 314 g/mol. The van der Waals surface area contributed by atoms with Crippen molar-refractivity contribution in [2.75, 3.05) is 29.1 Å². The van der Waals surface area contributed by atoms with Crippen LogP contribution in [0.2, 0.25) is 0 Å². The molecule has 0 aliphatic carbocycles. The van der Waals surface area contributed by atoms with Crippen LogP contribution in [0.5, 0.6) is 0 Å². The second-order valence-corrected chi connectivity index (χ2v) is 6.53. The number of nitrogens with zero attached hydrogens (tertiary/aromatic N) is 6. The molecular weight excluding hydrogens is 296 g/mol. The Balaban J connectivity index is 1.53. The molecule has 0 N–H and O–H groups in total. The zero-order valence-corrected chi connectivity index (χ0v) is 13.5. The Kier molecular flexibility index (Phi) is 3.37. The molecule has 2 unspecified atom stereocenters. The normalized spacial score (nSPS) is 23.4. The van der Waals surface area contributed by atoms with Gasteiger partial charge in [0.05, 0.1) is 12.1 Å². The molecule has 5 rings (SSSR count).